The van der Waals surface area contributed by atoms with Crippen LogP contribution < -0.4 is 5.32 Å². The van der Waals surface area contributed by atoms with Gasteiger partial charge in [0.2, 0.25) is 5.91 Å². The van der Waals surface area contributed by atoms with Gasteiger partial charge < -0.3 is 10.4 Å². The number of aliphatic hydroxyl groups excluding tert-OH is 1. The van der Waals surface area contributed by atoms with E-state index in [0.29, 0.717) is 42.9 Å². The van der Waals surface area contributed by atoms with Crippen LogP contribution in [-0.2, 0) is 9.59 Å². The Bertz CT molecular complexity index is 916. The quantitative estimate of drug-likeness (QED) is 0.183. The number of halogens is 1. The number of unbranched alkanes of at least 4 members (excludes halogenated alkanes) is 7. The van der Waals surface area contributed by atoms with E-state index in [1.165, 1.54) is 63.4 Å². The van der Waals surface area contributed by atoms with Gasteiger partial charge in [0, 0.05) is 19.4 Å². The summed E-state index contributed by atoms with van der Waals surface area (Å²) in [7, 11) is 0. The van der Waals surface area contributed by atoms with E-state index in [1.807, 2.05) is 19.9 Å². The van der Waals surface area contributed by atoms with Gasteiger partial charge in [0.25, 0.3) is 0 Å². The molecule has 0 aromatic heterocycles. The maximum Gasteiger partial charge on any atom is 0.220 e. The number of allylic oxidation sites excluding steroid dienone is 4. The number of ketones is 1. The number of fused-ring (bicyclic) bond motifs is 4. The van der Waals surface area contributed by atoms with Crippen molar-refractivity contribution in [3.05, 3.63) is 22.8 Å². The summed E-state index contributed by atoms with van der Waals surface area (Å²) in [6.45, 7) is 6.72. The van der Waals surface area contributed by atoms with Crippen LogP contribution in [0.25, 0.3) is 0 Å². The zero-order chi connectivity index (χ0) is 27.3. The molecular weight excluding hydrogens is 494 g/mol. The van der Waals surface area contributed by atoms with Gasteiger partial charge in [-0.25, -0.2) is 0 Å². The van der Waals surface area contributed by atoms with Crippen molar-refractivity contribution in [3.63, 3.8) is 0 Å². The number of nitrogens with one attached hydrogen (secondary N) is 1. The van der Waals surface area contributed by atoms with Crippen LogP contribution >= 0.6 is 11.6 Å². The molecule has 1 amide bonds. The molecule has 4 rings (SSSR count). The highest BCUT2D eigenvalue weighted by Crippen LogP contribution is 2.62. The van der Waals surface area contributed by atoms with Crippen molar-refractivity contribution >= 4 is 23.3 Å². The average molecular weight is 546 g/mol. The first-order valence-corrected chi connectivity index (χ1v) is 16.1. The SMILES string of the molecule is CC(C)(Cl)CNC(=O)CCCCCCCCCC[C@H]1C[C@]2(C)[C@@H](O)CC[C@H]2[C@@H]2CCC3=CC(=O)CCC3=C12. The largest absolute Gasteiger partial charge is 0.393 e. The Kier molecular flexibility index (Phi) is 10.2. The summed E-state index contributed by atoms with van der Waals surface area (Å²) in [5, 5.41) is 13.9. The molecule has 4 aliphatic rings. The van der Waals surface area contributed by atoms with Gasteiger partial charge in [-0.2, -0.15) is 0 Å². The highest BCUT2D eigenvalue weighted by Gasteiger charge is 2.55. The van der Waals surface area contributed by atoms with Crippen LogP contribution in [0.2, 0.25) is 0 Å². The molecule has 4 nitrogen and oxygen atoms in total. The number of alkyl halides is 1. The van der Waals surface area contributed by atoms with Crippen molar-refractivity contribution in [1.82, 2.24) is 5.32 Å². The van der Waals surface area contributed by atoms with Gasteiger partial charge in [-0.1, -0.05) is 57.4 Å². The zero-order valence-electron chi connectivity index (χ0n) is 24.3. The first-order valence-electron chi connectivity index (χ1n) is 15.7. The Morgan fingerprint density at radius 3 is 2.42 bits per heavy atom. The van der Waals surface area contributed by atoms with Crippen molar-refractivity contribution in [3.8, 4) is 0 Å². The summed E-state index contributed by atoms with van der Waals surface area (Å²) in [5.74, 6) is 2.25. The fourth-order valence-corrected chi connectivity index (χ4v) is 8.26. The van der Waals surface area contributed by atoms with Crippen molar-refractivity contribution in [2.75, 3.05) is 6.54 Å². The Balaban J connectivity index is 1.20. The van der Waals surface area contributed by atoms with Gasteiger partial charge >= 0.3 is 0 Å². The summed E-state index contributed by atoms with van der Waals surface area (Å²) < 4.78 is 0. The molecule has 0 bridgehead atoms. The topological polar surface area (TPSA) is 66.4 Å². The minimum absolute atomic E-state index is 0.0716. The summed E-state index contributed by atoms with van der Waals surface area (Å²) in [4.78, 5) is 23.6. The van der Waals surface area contributed by atoms with Gasteiger partial charge in [-0.05, 0) is 106 Å². The number of rotatable bonds is 13. The van der Waals surface area contributed by atoms with E-state index in [9.17, 15) is 14.7 Å². The van der Waals surface area contributed by atoms with E-state index in [0.717, 1.165) is 38.5 Å². The van der Waals surface area contributed by atoms with Crippen LogP contribution in [0.3, 0.4) is 0 Å². The van der Waals surface area contributed by atoms with Crippen molar-refractivity contribution in [2.24, 2.45) is 23.2 Å². The Labute approximate surface area is 236 Å². The highest BCUT2D eigenvalue weighted by atomic mass is 35.5. The van der Waals surface area contributed by atoms with Crippen LogP contribution in [0.1, 0.15) is 130 Å². The molecular formula is C33H52ClNO3. The summed E-state index contributed by atoms with van der Waals surface area (Å²) in [5.41, 5.74) is 4.68. The monoisotopic (exact) mass is 545 g/mol. The van der Waals surface area contributed by atoms with Crippen LogP contribution in [0.4, 0.5) is 0 Å². The molecule has 0 aromatic rings. The smallest absolute Gasteiger partial charge is 0.220 e. The summed E-state index contributed by atoms with van der Waals surface area (Å²) in [6, 6.07) is 0. The summed E-state index contributed by atoms with van der Waals surface area (Å²) in [6.07, 6.45) is 20.4. The lowest BCUT2D eigenvalue weighted by molar-refractivity contribution is -0.121. The molecule has 0 heterocycles. The molecule has 0 aromatic carbocycles. The molecule has 0 aliphatic heterocycles. The predicted molar refractivity (Wildman–Crippen MR) is 156 cm³/mol. The van der Waals surface area contributed by atoms with E-state index in [2.05, 4.69) is 12.2 Å². The van der Waals surface area contributed by atoms with Gasteiger partial charge in [0.05, 0.1) is 11.0 Å². The minimum Gasteiger partial charge on any atom is -0.393 e. The van der Waals surface area contributed by atoms with Crippen molar-refractivity contribution in [1.29, 1.82) is 0 Å². The number of amides is 1. The average Bonchev–Trinajstić information content (AvgIpc) is 3.16. The fraction of sp³-hybridized carbons (Fsp3) is 0.818. The Hall–Kier alpha value is -1.13. The molecule has 0 saturated heterocycles. The lowest BCUT2D eigenvalue weighted by Gasteiger charge is -2.52. The van der Waals surface area contributed by atoms with Gasteiger partial charge in [-0.3, -0.25) is 9.59 Å². The van der Waals surface area contributed by atoms with E-state index < -0.39 is 0 Å². The number of carbonyl (C=O) groups excluding carboxylic acids is 2. The third-order valence-corrected chi connectivity index (χ3v) is 10.3. The molecule has 5 heteroatoms. The molecule has 2 N–H and O–H groups in total. The molecule has 38 heavy (non-hydrogen) atoms. The van der Waals surface area contributed by atoms with E-state index in [-0.39, 0.29) is 22.3 Å². The second-order valence-corrected chi connectivity index (χ2v) is 14.7. The number of aliphatic hydroxyl groups is 1. The normalized spacial score (nSPS) is 31.0. The van der Waals surface area contributed by atoms with Crippen molar-refractivity contribution < 1.29 is 14.7 Å². The van der Waals surface area contributed by atoms with Crippen LogP contribution in [0.5, 0.6) is 0 Å². The molecule has 4 aliphatic carbocycles. The molecule has 0 spiro atoms. The van der Waals surface area contributed by atoms with Crippen LogP contribution in [-0.4, -0.2) is 34.3 Å². The molecule has 214 valence electrons. The molecule has 5 atom stereocenters. The van der Waals surface area contributed by atoms with Crippen LogP contribution in [0, 0.1) is 23.2 Å². The third kappa shape index (κ3) is 7.33. The molecule has 0 radical (unpaired) electrons. The Morgan fingerprint density at radius 1 is 1.03 bits per heavy atom. The second kappa shape index (κ2) is 13.0. The van der Waals surface area contributed by atoms with Gasteiger partial charge in [0.15, 0.2) is 5.78 Å². The lowest BCUT2D eigenvalue weighted by Crippen LogP contribution is -2.45. The zero-order valence-corrected chi connectivity index (χ0v) is 25.0. The maximum atomic E-state index is 12.1. The molecule has 0 unspecified atom stereocenters. The number of hydrogen-bond acceptors (Lipinski definition) is 3. The van der Waals surface area contributed by atoms with Gasteiger partial charge in [0.1, 0.15) is 0 Å². The van der Waals surface area contributed by atoms with Crippen molar-refractivity contribution in [2.45, 2.75) is 141 Å². The predicted octanol–water partition coefficient (Wildman–Crippen LogP) is 7.81. The number of carbonyl (C=O) groups is 2. The first-order chi connectivity index (χ1) is 18.1. The highest BCUT2D eigenvalue weighted by molar-refractivity contribution is 6.23. The van der Waals surface area contributed by atoms with E-state index in [4.69, 9.17) is 11.6 Å². The van der Waals surface area contributed by atoms with E-state index >= 15 is 0 Å². The maximum absolute atomic E-state index is 12.1. The number of hydrogen-bond donors (Lipinski definition) is 2. The minimum atomic E-state index is -0.378. The molecule has 2 fully saturated rings. The van der Waals surface area contributed by atoms with Crippen LogP contribution in [0.15, 0.2) is 22.8 Å². The fourth-order valence-electron chi connectivity index (χ4n) is 8.20. The van der Waals surface area contributed by atoms with Gasteiger partial charge in [-0.15, -0.1) is 11.6 Å². The van der Waals surface area contributed by atoms with E-state index in [1.54, 1.807) is 11.1 Å². The summed E-state index contributed by atoms with van der Waals surface area (Å²) >= 11 is 6.13. The second-order valence-electron chi connectivity index (χ2n) is 13.7. The Morgan fingerprint density at radius 2 is 1.71 bits per heavy atom. The molecule has 2 saturated carbocycles. The third-order valence-electron chi connectivity index (χ3n) is 10.2. The standard InChI is InChI=1S/C33H52ClNO3/c1-32(2,34)22-35-30(38)13-11-9-7-5-4-6-8-10-12-24-21-33(3)28(18-19-29(33)37)27-16-14-23-20-25(36)15-17-26(23)31(24)27/h20,24,27-29,37H,4-19,21-22H2,1-3H3,(H,35,38)/t24-,27-,28-,29-,33-/m0/s1. The first kappa shape index (κ1) is 29.8. The lowest BCUT2D eigenvalue weighted by atomic mass is 9.53.